The normalized spacial score (nSPS) is 10.4. The molecule has 5 heteroatoms. The lowest BCUT2D eigenvalue weighted by Gasteiger charge is -2.04. The molecule has 0 amide bonds. The van der Waals surface area contributed by atoms with Gasteiger partial charge in [0.15, 0.2) is 0 Å². The second kappa shape index (κ2) is 8.08. The summed E-state index contributed by atoms with van der Waals surface area (Å²) < 4.78 is 0. The first-order valence-corrected chi connectivity index (χ1v) is 6.91. The van der Waals surface area contributed by atoms with Gasteiger partial charge in [0.25, 0.3) is 5.69 Å². The molecule has 0 atom stereocenters. The van der Waals surface area contributed by atoms with Crippen molar-refractivity contribution in [2.75, 3.05) is 18.1 Å². The van der Waals surface area contributed by atoms with E-state index in [1.807, 2.05) is 17.8 Å². The quantitative estimate of drug-likeness (QED) is 0.440. The van der Waals surface area contributed by atoms with Crippen molar-refractivity contribution >= 4 is 17.4 Å². The van der Waals surface area contributed by atoms with Gasteiger partial charge in [-0.25, -0.2) is 0 Å². The van der Waals surface area contributed by atoms with Gasteiger partial charge in [0.05, 0.1) is 4.92 Å². The van der Waals surface area contributed by atoms with Gasteiger partial charge in [0.2, 0.25) is 0 Å². The largest absolute Gasteiger partial charge is 0.313 e. The van der Waals surface area contributed by atoms with Gasteiger partial charge in [-0.3, -0.25) is 10.1 Å². The monoisotopic (exact) mass is 254 g/mol. The fourth-order valence-electron chi connectivity index (χ4n) is 1.46. The molecule has 0 bridgehead atoms. The molecule has 17 heavy (non-hydrogen) atoms. The molecule has 0 radical (unpaired) electrons. The summed E-state index contributed by atoms with van der Waals surface area (Å²) in [7, 11) is 0. The summed E-state index contributed by atoms with van der Waals surface area (Å²) in [5, 5.41) is 13.9. The van der Waals surface area contributed by atoms with Gasteiger partial charge < -0.3 is 5.32 Å². The van der Waals surface area contributed by atoms with Crippen LogP contribution >= 0.6 is 11.8 Å². The summed E-state index contributed by atoms with van der Waals surface area (Å²) in [4.78, 5) is 10.2. The molecule has 0 aliphatic heterocycles. The highest BCUT2D eigenvalue weighted by atomic mass is 32.2. The Morgan fingerprint density at radius 1 is 1.47 bits per heavy atom. The number of benzene rings is 1. The highest BCUT2D eigenvalue weighted by Gasteiger charge is 2.04. The Kier molecular flexibility index (Phi) is 6.65. The van der Waals surface area contributed by atoms with Crippen molar-refractivity contribution < 1.29 is 4.92 Å². The summed E-state index contributed by atoms with van der Waals surface area (Å²) in [6, 6.07) is 6.76. The van der Waals surface area contributed by atoms with Crippen molar-refractivity contribution in [3.63, 3.8) is 0 Å². The van der Waals surface area contributed by atoms with Crippen LogP contribution < -0.4 is 5.32 Å². The first kappa shape index (κ1) is 14.0. The average molecular weight is 254 g/mol. The number of rotatable bonds is 8. The lowest BCUT2D eigenvalue weighted by atomic mass is 10.2. The Morgan fingerprint density at radius 2 is 2.29 bits per heavy atom. The van der Waals surface area contributed by atoms with E-state index in [0.29, 0.717) is 6.54 Å². The lowest BCUT2D eigenvalue weighted by Crippen LogP contribution is -2.15. The maximum absolute atomic E-state index is 10.6. The third kappa shape index (κ3) is 5.70. The number of hydrogen-bond donors (Lipinski definition) is 1. The second-order valence-electron chi connectivity index (χ2n) is 3.65. The van der Waals surface area contributed by atoms with Crippen molar-refractivity contribution in [1.82, 2.24) is 5.32 Å². The first-order chi connectivity index (χ1) is 8.24. The molecule has 1 aromatic carbocycles. The Hall–Kier alpha value is -1.07. The fraction of sp³-hybridized carbons (Fsp3) is 0.500. The van der Waals surface area contributed by atoms with Crippen LogP contribution in [0.5, 0.6) is 0 Å². The predicted octanol–water partition coefficient (Wildman–Crippen LogP) is 2.83. The Bertz CT molecular complexity index is 358. The molecule has 0 aromatic heterocycles. The van der Waals surface area contributed by atoms with Crippen LogP contribution in [0.1, 0.15) is 18.9 Å². The summed E-state index contributed by atoms with van der Waals surface area (Å²) in [5.74, 6) is 2.32. The molecule has 0 saturated heterocycles. The number of nitrogens with zero attached hydrogens (tertiary/aromatic N) is 1. The van der Waals surface area contributed by atoms with Crippen LogP contribution in [0.4, 0.5) is 5.69 Å². The summed E-state index contributed by atoms with van der Waals surface area (Å²) in [5.41, 5.74) is 1.12. The zero-order valence-corrected chi connectivity index (χ0v) is 10.8. The highest BCUT2D eigenvalue weighted by Crippen LogP contribution is 2.12. The summed E-state index contributed by atoms with van der Waals surface area (Å²) in [6.07, 6.45) is 1.13. The minimum atomic E-state index is -0.360. The van der Waals surface area contributed by atoms with Crippen LogP contribution in [-0.4, -0.2) is 23.0 Å². The van der Waals surface area contributed by atoms with E-state index in [1.54, 1.807) is 12.1 Å². The molecule has 1 aromatic rings. The van der Waals surface area contributed by atoms with Crippen LogP contribution in [0.2, 0.25) is 0 Å². The molecule has 0 spiro atoms. The van der Waals surface area contributed by atoms with Gasteiger partial charge >= 0.3 is 0 Å². The van der Waals surface area contributed by atoms with Crippen molar-refractivity contribution in [2.45, 2.75) is 19.9 Å². The van der Waals surface area contributed by atoms with Crippen molar-refractivity contribution in [2.24, 2.45) is 0 Å². The standard InChI is InChI=1S/C12H18N2O2S/c1-2-17-8-4-7-13-10-11-5-3-6-12(9-11)14(15)16/h3,5-6,9,13H,2,4,7-8,10H2,1H3. The number of non-ortho nitro benzene ring substituents is 1. The molecular weight excluding hydrogens is 236 g/mol. The summed E-state index contributed by atoms with van der Waals surface area (Å²) in [6.45, 7) is 3.80. The van der Waals surface area contributed by atoms with Gasteiger partial charge in [-0.15, -0.1) is 0 Å². The molecule has 1 N–H and O–H groups in total. The fourth-order valence-corrected chi connectivity index (χ4v) is 2.09. The third-order valence-corrected chi connectivity index (χ3v) is 3.28. The number of hydrogen-bond acceptors (Lipinski definition) is 4. The number of thioether (sulfide) groups is 1. The van der Waals surface area contributed by atoms with E-state index in [-0.39, 0.29) is 10.6 Å². The van der Waals surface area contributed by atoms with E-state index in [1.165, 1.54) is 11.8 Å². The van der Waals surface area contributed by atoms with Gasteiger partial charge in [0.1, 0.15) is 0 Å². The number of nitrogens with one attached hydrogen (secondary N) is 1. The van der Waals surface area contributed by atoms with Crippen molar-refractivity contribution in [1.29, 1.82) is 0 Å². The molecule has 94 valence electrons. The SMILES string of the molecule is CCSCCCNCc1cccc([N+](=O)[O-])c1. The van der Waals surface area contributed by atoms with E-state index in [0.717, 1.165) is 24.3 Å². The Balaban J connectivity index is 2.27. The minimum absolute atomic E-state index is 0.158. The smallest absolute Gasteiger partial charge is 0.269 e. The Labute approximate surface area is 106 Å². The molecule has 4 nitrogen and oxygen atoms in total. The molecule has 0 saturated carbocycles. The lowest BCUT2D eigenvalue weighted by molar-refractivity contribution is -0.384. The van der Waals surface area contributed by atoms with Gasteiger partial charge in [-0.05, 0) is 30.0 Å². The van der Waals surface area contributed by atoms with Gasteiger partial charge in [-0.1, -0.05) is 19.1 Å². The zero-order valence-electron chi connectivity index (χ0n) is 10.0. The van der Waals surface area contributed by atoms with Gasteiger partial charge in [0, 0.05) is 18.7 Å². The van der Waals surface area contributed by atoms with E-state index in [4.69, 9.17) is 0 Å². The minimum Gasteiger partial charge on any atom is -0.313 e. The van der Waals surface area contributed by atoms with Crippen LogP contribution in [0.15, 0.2) is 24.3 Å². The van der Waals surface area contributed by atoms with Crippen LogP contribution in [0, 0.1) is 10.1 Å². The van der Waals surface area contributed by atoms with Crippen molar-refractivity contribution in [3.8, 4) is 0 Å². The highest BCUT2D eigenvalue weighted by molar-refractivity contribution is 7.99. The molecule has 1 rings (SSSR count). The van der Waals surface area contributed by atoms with Crippen LogP contribution in [0.25, 0.3) is 0 Å². The van der Waals surface area contributed by atoms with E-state index in [2.05, 4.69) is 12.2 Å². The van der Waals surface area contributed by atoms with E-state index in [9.17, 15) is 10.1 Å². The third-order valence-electron chi connectivity index (χ3n) is 2.30. The van der Waals surface area contributed by atoms with E-state index >= 15 is 0 Å². The van der Waals surface area contributed by atoms with Crippen molar-refractivity contribution in [3.05, 3.63) is 39.9 Å². The zero-order chi connectivity index (χ0) is 12.5. The molecule has 0 aliphatic carbocycles. The topological polar surface area (TPSA) is 55.2 Å². The van der Waals surface area contributed by atoms with Crippen LogP contribution in [-0.2, 0) is 6.54 Å². The summed E-state index contributed by atoms with van der Waals surface area (Å²) >= 11 is 1.93. The maximum atomic E-state index is 10.6. The maximum Gasteiger partial charge on any atom is 0.269 e. The number of nitro benzene ring substituents is 1. The average Bonchev–Trinajstić information content (AvgIpc) is 2.34. The van der Waals surface area contributed by atoms with Crippen LogP contribution in [0.3, 0.4) is 0 Å². The predicted molar refractivity (Wildman–Crippen MR) is 72.4 cm³/mol. The molecule has 0 fully saturated rings. The molecule has 0 unspecified atom stereocenters. The Morgan fingerprint density at radius 3 is 3.00 bits per heavy atom. The van der Waals surface area contributed by atoms with Gasteiger partial charge in [-0.2, -0.15) is 11.8 Å². The number of nitro groups is 1. The second-order valence-corrected chi connectivity index (χ2v) is 5.05. The molecule has 0 heterocycles. The first-order valence-electron chi connectivity index (χ1n) is 5.76. The van der Waals surface area contributed by atoms with E-state index < -0.39 is 0 Å². The molecule has 0 aliphatic rings. The molecular formula is C12H18N2O2S.